The molecule has 0 amide bonds. The van der Waals surface area contributed by atoms with E-state index in [2.05, 4.69) is 107 Å². The molecule has 0 atom stereocenters. The van der Waals surface area contributed by atoms with Crippen LogP contribution in [0.5, 0.6) is 17.2 Å². The molecule has 3 rings (SSSR count). The summed E-state index contributed by atoms with van der Waals surface area (Å²) >= 11 is 14.1. The molecule has 3 aromatic carbocycles. The summed E-state index contributed by atoms with van der Waals surface area (Å²) in [5, 5.41) is 1.02. The number of rotatable bonds is 31. The van der Waals surface area contributed by atoms with E-state index < -0.39 is 0 Å². The van der Waals surface area contributed by atoms with Crippen molar-refractivity contribution in [2.24, 2.45) is 29.4 Å². The summed E-state index contributed by atoms with van der Waals surface area (Å²) in [5.74, 6) is 7.01. The number of benzene rings is 3. The molecule has 2 N–H and O–H groups in total. The molecular weight excluding hydrogens is 1030 g/mol. The van der Waals surface area contributed by atoms with Gasteiger partial charge in [0.25, 0.3) is 0 Å². The second-order valence-electron chi connectivity index (χ2n) is 16.9. The van der Waals surface area contributed by atoms with Crippen LogP contribution in [-0.2, 0) is 53.7 Å². The van der Waals surface area contributed by atoms with Crippen LogP contribution in [0.25, 0.3) is 0 Å². The van der Waals surface area contributed by atoms with Gasteiger partial charge in [0.15, 0.2) is 20.5 Å². The van der Waals surface area contributed by atoms with Crippen LogP contribution in [0, 0.1) is 23.7 Å². The maximum atomic E-state index is 12.5. The maximum absolute atomic E-state index is 12.5. The second kappa shape index (κ2) is 42.3. The third-order valence-corrected chi connectivity index (χ3v) is 16.9. The lowest BCUT2D eigenvalue weighted by Crippen LogP contribution is -2.11. The predicted molar refractivity (Wildman–Crippen MR) is 320 cm³/mol. The molecule has 402 valence electrons. The van der Waals surface area contributed by atoms with Crippen LogP contribution >= 0.6 is 84.7 Å². The van der Waals surface area contributed by atoms with Crippen molar-refractivity contribution in [3.63, 3.8) is 0 Å². The SMILES string of the molecule is CCC(CC)C(=O)SCc1ccc(OCCN)cc1CSC(=O)C(CC)CC.CCCOc1ccc(CS)c(CS)c1.CCCOc1ccc(CSC(=O)C(CC)CC)c(CSC(=O)C(CC)CC)c1.Cl. The molecule has 0 fully saturated rings. The average Bonchev–Trinajstić information content (AvgIpc) is 3.38. The van der Waals surface area contributed by atoms with E-state index in [0.717, 1.165) is 122 Å². The molecule has 0 aliphatic rings. The van der Waals surface area contributed by atoms with Crippen molar-refractivity contribution in [2.75, 3.05) is 26.4 Å². The molecule has 3 aromatic rings. The first-order chi connectivity index (χ1) is 33.8. The normalized spacial score (nSPS) is 10.9. The monoisotopic (exact) mass is 1110 g/mol. The molecule has 8 nitrogen and oxygen atoms in total. The summed E-state index contributed by atoms with van der Waals surface area (Å²) in [5.41, 5.74) is 12.3. The van der Waals surface area contributed by atoms with Crippen molar-refractivity contribution in [3.8, 4) is 17.2 Å². The van der Waals surface area contributed by atoms with Gasteiger partial charge in [0, 0.05) is 64.7 Å². The van der Waals surface area contributed by atoms with Crippen molar-refractivity contribution in [1.29, 1.82) is 0 Å². The number of carbonyl (C=O) groups is 4. The fourth-order valence-corrected chi connectivity index (χ4v) is 12.3. The molecule has 15 heteroatoms. The molecule has 0 unspecified atom stereocenters. The van der Waals surface area contributed by atoms with Crippen molar-refractivity contribution in [2.45, 2.75) is 168 Å². The van der Waals surface area contributed by atoms with Gasteiger partial charge in [-0.15, -0.1) is 12.4 Å². The average molecular weight is 1120 g/mol. The fraction of sp³-hybridized carbons (Fsp3) is 0.607. The van der Waals surface area contributed by atoms with Gasteiger partial charge in [-0.05, 0) is 134 Å². The number of ether oxygens (including phenoxy) is 3. The molecule has 0 spiro atoms. The number of halogens is 1. The summed E-state index contributed by atoms with van der Waals surface area (Å²) in [6, 6.07) is 18.1. The Labute approximate surface area is 464 Å². The van der Waals surface area contributed by atoms with Crippen LogP contribution < -0.4 is 19.9 Å². The molecular formula is C56H88ClNO7S6. The van der Waals surface area contributed by atoms with E-state index in [1.807, 2.05) is 42.5 Å². The highest BCUT2D eigenvalue weighted by Gasteiger charge is 2.20. The van der Waals surface area contributed by atoms with Crippen molar-refractivity contribution < 1.29 is 33.4 Å². The summed E-state index contributed by atoms with van der Waals surface area (Å²) < 4.78 is 17.0. The van der Waals surface area contributed by atoms with E-state index in [1.54, 1.807) is 0 Å². The molecule has 0 saturated carbocycles. The minimum atomic E-state index is 0. The minimum absolute atomic E-state index is 0. The van der Waals surface area contributed by atoms with Crippen molar-refractivity contribution >= 4 is 105 Å². The summed E-state index contributed by atoms with van der Waals surface area (Å²) in [6.07, 6.45) is 9.02. The maximum Gasteiger partial charge on any atom is 0.192 e. The molecule has 0 aromatic heterocycles. The van der Waals surface area contributed by atoms with Gasteiger partial charge in [-0.2, -0.15) is 25.3 Å². The van der Waals surface area contributed by atoms with E-state index in [-0.39, 0.29) is 56.5 Å². The highest BCUT2D eigenvalue weighted by Crippen LogP contribution is 2.32. The standard InChI is InChI=1S/C23H36O3S2.C22H35NO3S2.C11H16OS2.ClH/c1-6-13-26-21-12-11-19(15-27-22(24)17(7-2)8-3)20(14-21)16-28-23(25)18(9-4)10-5;1-5-16(6-2)21(24)27-14-18-9-10-20(26-12-11-23)13-19(18)15-28-22(25)17(7-3)8-4;1-2-5-12-11-4-3-9(7-13)10(6-11)8-14;/h11-12,14,17-18H,6-10,13,15-16H2,1-5H3;9-10,13,16-17H,5-8,11-12,14-15,23H2,1-4H3;3-4,6,13-14H,2,5,7-8H2,1H3;1H. The lowest BCUT2D eigenvalue weighted by molar-refractivity contribution is -0.115. The Balaban J connectivity index is 0.00000108. The van der Waals surface area contributed by atoms with E-state index in [0.29, 0.717) is 42.8 Å². The van der Waals surface area contributed by atoms with E-state index in [1.165, 1.54) is 58.2 Å². The van der Waals surface area contributed by atoms with Gasteiger partial charge in [-0.3, -0.25) is 19.2 Å². The van der Waals surface area contributed by atoms with Gasteiger partial charge in [-0.1, -0.05) is 134 Å². The molecule has 0 bridgehead atoms. The van der Waals surface area contributed by atoms with Crippen LogP contribution in [-0.4, -0.2) is 46.8 Å². The zero-order chi connectivity index (χ0) is 52.3. The van der Waals surface area contributed by atoms with Crippen LogP contribution in [0.3, 0.4) is 0 Å². The largest absolute Gasteiger partial charge is 0.494 e. The lowest BCUT2D eigenvalue weighted by atomic mass is 10.1. The smallest absolute Gasteiger partial charge is 0.192 e. The van der Waals surface area contributed by atoms with Gasteiger partial charge >= 0.3 is 0 Å². The zero-order valence-electron chi connectivity index (χ0n) is 44.5. The second-order valence-corrected chi connectivity index (χ2v) is 21.5. The third kappa shape index (κ3) is 26.9. The van der Waals surface area contributed by atoms with Crippen LogP contribution in [0.4, 0.5) is 0 Å². The summed E-state index contributed by atoms with van der Waals surface area (Å²) in [4.78, 5) is 49.7. The lowest BCUT2D eigenvalue weighted by Gasteiger charge is -2.15. The Hall–Kier alpha value is -1.91. The van der Waals surface area contributed by atoms with Crippen molar-refractivity contribution in [3.05, 3.63) is 88.0 Å². The molecule has 0 radical (unpaired) electrons. The van der Waals surface area contributed by atoms with Crippen molar-refractivity contribution in [1.82, 2.24) is 0 Å². The number of thioether (sulfide) groups is 4. The van der Waals surface area contributed by atoms with Crippen LogP contribution in [0.15, 0.2) is 54.6 Å². The first-order valence-corrected chi connectivity index (χ1v) is 30.8. The zero-order valence-corrected chi connectivity index (χ0v) is 50.4. The summed E-state index contributed by atoms with van der Waals surface area (Å²) in [7, 11) is 0. The minimum Gasteiger partial charge on any atom is -0.494 e. The highest BCUT2D eigenvalue weighted by atomic mass is 35.5. The number of hydrogen-bond acceptors (Lipinski definition) is 14. The highest BCUT2D eigenvalue weighted by molar-refractivity contribution is 8.13. The topological polar surface area (TPSA) is 122 Å². The fourth-order valence-electron chi connectivity index (χ4n) is 7.10. The molecule has 0 saturated heterocycles. The molecule has 0 aliphatic carbocycles. The number of carbonyl (C=O) groups excluding carboxylic acids is 4. The Morgan fingerprint density at radius 2 is 0.690 bits per heavy atom. The molecule has 0 heterocycles. The van der Waals surface area contributed by atoms with Gasteiger partial charge < -0.3 is 19.9 Å². The Kier molecular flexibility index (Phi) is 41.2. The Morgan fingerprint density at radius 3 is 0.958 bits per heavy atom. The summed E-state index contributed by atoms with van der Waals surface area (Å²) in [6.45, 7) is 23.0. The third-order valence-electron chi connectivity index (χ3n) is 12.0. The first-order valence-electron chi connectivity index (χ1n) is 25.6. The Morgan fingerprint density at radius 1 is 0.423 bits per heavy atom. The van der Waals surface area contributed by atoms with Gasteiger partial charge in [0.05, 0.1) is 13.2 Å². The number of nitrogens with two attached hydrogens (primary N) is 1. The van der Waals surface area contributed by atoms with Crippen LogP contribution in [0.1, 0.15) is 167 Å². The first kappa shape index (κ1) is 69.1. The van der Waals surface area contributed by atoms with Crippen LogP contribution in [0.2, 0.25) is 0 Å². The predicted octanol–water partition coefficient (Wildman–Crippen LogP) is 16.0. The van der Waals surface area contributed by atoms with E-state index >= 15 is 0 Å². The van der Waals surface area contributed by atoms with Gasteiger partial charge in [-0.25, -0.2) is 0 Å². The molecule has 71 heavy (non-hydrogen) atoms. The van der Waals surface area contributed by atoms with Gasteiger partial charge in [0.2, 0.25) is 0 Å². The molecule has 0 aliphatic heterocycles. The van der Waals surface area contributed by atoms with E-state index in [4.69, 9.17) is 19.9 Å². The number of hydrogen-bond donors (Lipinski definition) is 3. The quantitative estimate of drug-likeness (QED) is 0.0532. The number of thiol groups is 2. The van der Waals surface area contributed by atoms with E-state index in [9.17, 15) is 19.2 Å². The van der Waals surface area contributed by atoms with Gasteiger partial charge in [0.1, 0.15) is 23.9 Å². The Bertz CT molecular complexity index is 1830.